The van der Waals surface area contributed by atoms with Gasteiger partial charge in [-0.05, 0) is 38.9 Å². The van der Waals surface area contributed by atoms with E-state index in [1.165, 1.54) is 0 Å². The Morgan fingerprint density at radius 2 is 2.10 bits per heavy atom. The Hall–Kier alpha value is -1.23. The van der Waals surface area contributed by atoms with E-state index in [2.05, 4.69) is 5.10 Å². The first kappa shape index (κ1) is 16.1. The first-order valence-corrected chi connectivity index (χ1v) is 7.66. The van der Waals surface area contributed by atoms with E-state index < -0.39 is 0 Å². The van der Waals surface area contributed by atoms with E-state index in [0.717, 1.165) is 29.2 Å². The van der Waals surface area contributed by atoms with Crippen molar-refractivity contribution < 1.29 is 4.74 Å². The summed E-state index contributed by atoms with van der Waals surface area (Å²) in [6.07, 6.45) is 0.675. The smallest absolute Gasteiger partial charge is 0.131 e. The molecule has 0 saturated carbocycles. The molecule has 0 radical (unpaired) electrons. The molecule has 4 nitrogen and oxygen atoms in total. The second-order valence-corrected chi connectivity index (χ2v) is 5.49. The van der Waals surface area contributed by atoms with Crippen LogP contribution in [0.5, 0.6) is 5.75 Å². The molecule has 0 saturated heterocycles. The zero-order valence-corrected chi connectivity index (χ0v) is 13.7. The van der Waals surface area contributed by atoms with Gasteiger partial charge < -0.3 is 10.5 Å². The first-order valence-electron chi connectivity index (χ1n) is 6.90. The van der Waals surface area contributed by atoms with Gasteiger partial charge in [-0.25, -0.2) is 0 Å². The number of benzene rings is 1. The highest BCUT2D eigenvalue weighted by molar-refractivity contribution is 6.32. The average Bonchev–Trinajstić information content (AvgIpc) is 2.75. The molecule has 2 N–H and O–H groups in total. The van der Waals surface area contributed by atoms with Crippen molar-refractivity contribution in [2.75, 3.05) is 6.54 Å². The summed E-state index contributed by atoms with van der Waals surface area (Å²) in [7, 11) is 0. The largest absolute Gasteiger partial charge is 0.487 e. The van der Waals surface area contributed by atoms with E-state index in [-0.39, 0.29) is 0 Å². The van der Waals surface area contributed by atoms with Crippen molar-refractivity contribution in [3.8, 4) is 5.75 Å². The van der Waals surface area contributed by atoms with Gasteiger partial charge in [0.1, 0.15) is 12.4 Å². The summed E-state index contributed by atoms with van der Waals surface area (Å²) in [4.78, 5) is 0. The molecule has 0 aliphatic carbocycles. The number of halogens is 2. The van der Waals surface area contributed by atoms with E-state index in [1.807, 2.05) is 36.7 Å². The average molecular weight is 328 g/mol. The van der Waals surface area contributed by atoms with E-state index in [9.17, 15) is 0 Å². The molecular formula is C15H19Cl2N3O. The lowest BCUT2D eigenvalue weighted by atomic mass is 10.1. The number of aryl methyl sites for hydroxylation is 2. The number of hydrogen-bond acceptors (Lipinski definition) is 3. The zero-order valence-electron chi connectivity index (χ0n) is 12.2. The Kier molecular flexibility index (Phi) is 5.51. The molecule has 1 heterocycles. The lowest BCUT2D eigenvalue weighted by Gasteiger charge is -2.13. The van der Waals surface area contributed by atoms with Crippen molar-refractivity contribution in [1.82, 2.24) is 9.78 Å². The first-order chi connectivity index (χ1) is 10.1. The van der Waals surface area contributed by atoms with E-state index in [1.54, 1.807) is 0 Å². The monoisotopic (exact) mass is 327 g/mol. The summed E-state index contributed by atoms with van der Waals surface area (Å²) in [5.74, 6) is 0.741. The van der Waals surface area contributed by atoms with Crippen molar-refractivity contribution in [2.24, 2.45) is 5.73 Å². The molecule has 0 atom stereocenters. The molecule has 0 amide bonds. The molecular weight excluding hydrogens is 309 g/mol. The van der Waals surface area contributed by atoms with Crippen LogP contribution in [-0.4, -0.2) is 16.3 Å². The Bertz CT molecular complexity index is 626. The molecule has 114 valence electrons. The molecule has 0 spiro atoms. The van der Waals surface area contributed by atoms with Crippen LogP contribution in [0.4, 0.5) is 0 Å². The minimum Gasteiger partial charge on any atom is -0.487 e. The number of nitrogens with two attached hydrogens (primary N) is 1. The van der Waals surface area contributed by atoms with Gasteiger partial charge in [-0.3, -0.25) is 4.68 Å². The van der Waals surface area contributed by atoms with Gasteiger partial charge in [-0.15, -0.1) is 0 Å². The maximum atomic E-state index is 6.28. The topological polar surface area (TPSA) is 53.1 Å². The highest BCUT2D eigenvalue weighted by Gasteiger charge is 2.14. The number of hydrogen-bond donors (Lipinski definition) is 1. The van der Waals surface area contributed by atoms with Gasteiger partial charge in [0.2, 0.25) is 0 Å². The molecule has 2 aromatic rings. The SMILES string of the molecule is CCn1nc(C)c(Cl)c1COc1cccc(Cl)c1CCN. The lowest BCUT2D eigenvalue weighted by Crippen LogP contribution is -2.09. The minimum atomic E-state index is 0.353. The van der Waals surface area contributed by atoms with Crippen LogP contribution in [0.2, 0.25) is 10.0 Å². The second kappa shape index (κ2) is 7.16. The Balaban J connectivity index is 2.23. The van der Waals surface area contributed by atoms with E-state index in [0.29, 0.717) is 29.6 Å². The van der Waals surface area contributed by atoms with Crippen LogP contribution in [0.3, 0.4) is 0 Å². The van der Waals surface area contributed by atoms with Crippen molar-refractivity contribution in [1.29, 1.82) is 0 Å². The standard InChI is InChI=1S/C15H19Cl2N3O/c1-3-20-13(15(17)10(2)19-20)9-21-14-6-4-5-12(16)11(14)7-8-18/h4-6H,3,7-9,18H2,1-2H3. The maximum absolute atomic E-state index is 6.28. The van der Waals surface area contributed by atoms with Gasteiger partial charge in [0.15, 0.2) is 0 Å². The van der Waals surface area contributed by atoms with Crippen molar-refractivity contribution in [3.05, 3.63) is 45.2 Å². The van der Waals surface area contributed by atoms with Gasteiger partial charge in [-0.1, -0.05) is 29.3 Å². The normalized spacial score (nSPS) is 10.9. The van der Waals surface area contributed by atoms with Crippen LogP contribution < -0.4 is 10.5 Å². The van der Waals surface area contributed by atoms with Gasteiger partial charge >= 0.3 is 0 Å². The van der Waals surface area contributed by atoms with Crippen LogP contribution in [0.25, 0.3) is 0 Å². The van der Waals surface area contributed by atoms with Crippen LogP contribution in [-0.2, 0) is 19.6 Å². The maximum Gasteiger partial charge on any atom is 0.131 e. The molecule has 0 fully saturated rings. The molecule has 21 heavy (non-hydrogen) atoms. The minimum absolute atomic E-state index is 0.353. The number of ether oxygens (including phenoxy) is 1. The fourth-order valence-corrected chi connectivity index (χ4v) is 2.66. The summed E-state index contributed by atoms with van der Waals surface area (Å²) < 4.78 is 7.76. The van der Waals surface area contributed by atoms with E-state index in [4.69, 9.17) is 33.7 Å². The third kappa shape index (κ3) is 3.51. The van der Waals surface area contributed by atoms with Crippen LogP contribution >= 0.6 is 23.2 Å². The van der Waals surface area contributed by atoms with Crippen LogP contribution in [0, 0.1) is 6.92 Å². The molecule has 0 bridgehead atoms. The number of aromatic nitrogens is 2. The van der Waals surface area contributed by atoms with Gasteiger partial charge in [0, 0.05) is 17.1 Å². The molecule has 6 heteroatoms. The summed E-state index contributed by atoms with van der Waals surface area (Å²) in [6, 6.07) is 5.60. The Labute approximate surface area is 134 Å². The summed E-state index contributed by atoms with van der Waals surface area (Å²) in [5.41, 5.74) is 8.24. The molecule has 0 unspecified atom stereocenters. The third-order valence-corrected chi connectivity index (χ3v) is 4.13. The fraction of sp³-hybridized carbons (Fsp3) is 0.400. The van der Waals surface area contributed by atoms with Crippen molar-refractivity contribution in [3.63, 3.8) is 0 Å². The summed E-state index contributed by atoms with van der Waals surface area (Å²) in [5, 5.41) is 5.70. The lowest BCUT2D eigenvalue weighted by molar-refractivity contribution is 0.289. The zero-order chi connectivity index (χ0) is 15.4. The van der Waals surface area contributed by atoms with Crippen LogP contribution in [0.1, 0.15) is 23.9 Å². The third-order valence-electron chi connectivity index (χ3n) is 3.29. The Morgan fingerprint density at radius 3 is 2.76 bits per heavy atom. The fourth-order valence-electron chi connectivity index (χ4n) is 2.21. The van der Waals surface area contributed by atoms with Gasteiger partial charge in [0.25, 0.3) is 0 Å². The van der Waals surface area contributed by atoms with E-state index >= 15 is 0 Å². The highest BCUT2D eigenvalue weighted by atomic mass is 35.5. The highest BCUT2D eigenvalue weighted by Crippen LogP contribution is 2.28. The molecule has 1 aromatic carbocycles. The number of nitrogens with zero attached hydrogens (tertiary/aromatic N) is 2. The molecule has 0 aliphatic heterocycles. The summed E-state index contributed by atoms with van der Waals surface area (Å²) >= 11 is 12.5. The molecule has 0 aliphatic rings. The quantitative estimate of drug-likeness (QED) is 0.881. The van der Waals surface area contributed by atoms with Crippen molar-refractivity contribution in [2.45, 2.75) is 33.4 Å². The molecule has 1 aromatic heterocycles. The van der Waals surface area contributed by atoms with Crippen molar-refractivity contribution >= 4 is 23.2 Å². The van der Waals surface area contributed by atoms with Gasteiger partial charge in [0.05, 0.1) is 16.4 Å². The predicted molar refractivity (Wildman–Crippen MR) is 86.2 cm³/mol. The second-order valence-electron chi connectivity index (χ2n) is 4.71. The Morgan fingerprint density at radius 1 is 1.33 bits per heavy atom. The van der Waals surface area contributed by atoms with Gasteiger partial charge in [-0.2, -0.15) is 5.10 Å². The summed E-state index contributed by atoms with van der Waals surface area (Å²) in [6.45, 7) is 5.53. The predicted octanol–water partition coefficient (Wildman–Crippen LogP) is 3.60. The van der Waals surface area contributed by atoms with Crippen LogP contribution in [0.15, 0.2) is 18.2 Å². The molecule has 2 rings (SSSR count). The number of rotatable bonds is 6.